The molecule has 0 amide bonds. The summed E-state index contributed by atoms with van der Waals surface area (Å²) < 4.78 is 10.6. The third kappa shape index (κ3) is 2.86. The van der Waals surface area contributed by atoms with Crippen molar-refractivity contribution >= 4 is 6.72 Å². The van der Waals surface area contributed by atoms with E-state index in [0.717, 1.165) is 0 Å². The summed E-state index contributed by atoms with van der Waals surface area (Å²) in [6, 6.07) is 0. The molecule has 1 saturated heterocycles. The minimum atomic E-state index is -0.119. The fourth-order valence-corrected chi connectivity index (χ4v) is 0.945. The van der Waals surface area contributed by atoms with Crippen LogP contribution in [0.15, 0.2) is 5.16 Å². The molecule has 0 aliphatic carbocycles. The largest absolute Gasteiger partial charge is 0.396 e. The highest BCUT2D eigenvalue weighted by Gasteiger charge is 2.21. The highest BCUT2D eigenvalue weighted by molar-refractivity contribution is 5.21. The number of oxime groups is 1. The zero-order valence-electron chi connectivity index (χ0n) is 6.66. The smallest absolute Gasteiger partial charge is 0.161 e. The van der Waals surface area contributed by atoms with Crippen LogP contribution in [0.2, 0.25) is 0 Å². The van der Waals surface area contributed by atoms with Gasteiger partial charge in [0.15, 0.2) is 6.29 Å². The van der Waals surface area contributed by atoms with Gasteiger partial charge in [-0.05, 0) is 6.92 Å². The first-order valence-corrected chi connectivity index (χ1v) is 3.68. The zero-order valence-corrected chi connectivity index (χ0v) is 6.66. The van der Waals surface area contributed by atoms with Crippen molar-refractivity contribution in [2.45, 2.75) is 25.7 Å². The second kappa shape index (κ2) is 4.31. The molecular weight excluding hydrogens is 146 g/mol. The molecule has 0 spiro atoms. The quantitative estimate of drug-likeness (QED) is 0.345. The third-order valence-corrected chi connectivity index (χ3v) is 1.44. The van der Waals surface area contributed by atoms with Gasteiger partial charge in [-0.2, -0.15) is 0 Å². The van der Waals surface area contributed by atoms with Crippen LogP contribution in [0.1, 0.15) is 13.3 Å². The lowest BCUT2D eigenvalue weighted by Crippen LogP contribution is -2.11. The van der Waals surface area contributed by atoms with E-state index in [4.69, 9.17) is 9.47 Å². The van der Waals surface area contributed by atoms with Gasteiger partial charge in [-0.1, -0.05) is 0 Å². The molecule has 0 aromatic heterocycles. The van der Waals surface area contributed by atoms with Crippen molar-refractivity contribution in [3.05, 3.63) is 0 Å². The number of nitrogens with zero attached hydrogens (tertiary/aromatic N) is 1. The molecule has 4 heteroatoms. The summed E-state index contributed by atoms with van der Waals surface area (Å²) in [5.74, 6) is 0. The van der Waals surface area contributed by atoms with Crippen LogP contribution in [0.5, 0.6) is 0 Å². The standard InChI is InChI=1S/C7H13NO3/c1-6-5-9-7(11-6)3-4-10-8-2/h6-7H,2-5H2,1H3. The molecule has 1 aliphatic heterocycles. The molecule has 0 saturated carbocycles. The lowest BCUT2D eigenvalue weighted by Gasteiger charge is -2.07. The Hall–Kier alpha value is -0.610. The Kier molecular flexibility index (Phi) is 3.32. The first-order valence-electron chi connectivity index (χ1n) is 3.68. The van der Waals surface area contributed by atoms with E-state index >= 15 is 0 Å². The molecule has 0 bridgehead atoms. The van der Waals surface area contributed by atoms with Crippen LogP contribution in [0.4, 0.5) is 0 Å². The van der Waals surface area contributed by atoms with Crippen LogP contribution >= 0.6 is 0 Å². The first kappa shape index (κ1) is 8.49. The van der Waals surface area contributed by atoms with Crippen LogP contribution < -0.4 is 0 Å². The molecule has 0 N–H and O–H groups in total. The monoisotopic (exact) mass is 159 g/mol. The molecule has 2 unspecified atom stereocenters. The van der Waals surface area contributed by atoms with E-state index in [9.17, 15) is 0 Å². The van der Waals surface area contributed by atoms with Gasteiger partial charge in [0.1, 0.15) is 6.61 Å². The molecule has 1 rings (SSSR count). The van der Waals surface area contributed by atoms with Crippen LogP contribution in [0.3, 0.4) is 0 Å². The first-order chi connectivity index (χ1) is 5.33. The number of hydrogen-bond donors (Lipinski definition) is 0. The van der Waals surface area contributed by atoms with Gasteiger partial charge in [0.2, 0.25) is 0 Å². The average molecular weight is 159 g/mol. The molecule has 1 aliphatic rings. The fourth-order valence-electron chi connectivity index (χ4n) is 0.945. The Morgan fingerprint density at radius 1 is 1.73 bits per heavy atom. The Balaban J connectivity index is 2.03. The van der Waals surface area contributed by atoms with Crippen molar-refractivity contribution in [3.8, 4) is 0 Å². The summed E-state index contributed by atoms with van der Waals surface area (Å²) in [4.78, 5) is 4.68. The van der Waals surface area contributed by atoms with Crippen molar-refractivity contribution < 1.29 is 14.3 Å². The summed E-state index contributed by atoms with van der Waals surface area (Å²) in [6.45, 7) is 6.34. The van der Waals surface area contributed by atoms with Crippen molar-refractivity contribution in [3.63, 3.8) is 0 Å². The molecule has 11 heavy (non-hydrogen) atoms. The summed E-state index contributed by atoms with van der Waals surface area (Å²) >= 11 is 0. The number of ether oxygens (including phenoxy) is 2. The zero-order chi connectivity index (χ0) is 8.10. The number of rotatable bonds is 4. The average Bonchev–Trinajstić information content (AvgIpc) is 2.37. The van der Waals surface area contributed by atoms with E-state index in [-0.39, 0.29) is 12.4 Å². The van der Waals surface area contributed by atoms with E-state index in [0.29, 0.717) is 19.6 Å². The topological polar surface area (TPSA) is 40.0 Å². The van der Waals surface area contributed by atoms with Gasteiger partial charge in [-0.15, -0.1) is 5.16 Å². The highest BCUT2D eigenvalue weighted by Crippen LogP contribution is 2.13. The van der Waals surface area contributed by atoms with Gasteiger partial charge >= 0.3 is 0 Å². The molecule has 0 aromatic carbocycles. The predicted octanol–water partition coefficient (Wildman–Crippen LogP) is 0.770. The minimum Gasteiger partial charge on any atom is -0.396 e. The van der Waals surface area contributed by atoms with E-state index < -0.39 is 0 Å². The van der Waals surface area contributed by atoms with Crippen LogP contribution in [0, 0.1) is 0 Å². The van der Waals surface area contributed by atoms with Crippen LogP contribution in [-0.4, -0.2) is 32.3 Å². The van der Waals surface area contributed by atoms with Crippen molar-refractivity contribution in [2.75, 3.05) is 13.2 Å². The molecular formula is C7H13NO3. The predicted molar refractivity (Wildman–Crippen MR) is 40.4 cm³/mol. The van der Waals surface area contributed by atoms with E-state index in [2.05, 4.69) is 16.7 Å². The summed E-state index contributed by atoms with van der Waals surface area (Å²) in [7, 11) is 0. The second-order valence-corrected chi connectivity index (χ2v) is 2.46. The second-order valence-electron chi connectivity index (χ2n) is 2.46. The van der Waals surface area contributed by atoms with E-state index in [1.54, 1.807) is 0 Å². The Bertz CT molecular complexity index is 129. The van der Waals surface area contributed by atoms with Gasteiger partial charge in [0.25, 0.3) is 0 Å². The van der Waals surface area contributed by atoms with E-state index in [1.165, 1.54) is 0 Å². The van der Waals surface area contributed by atoms with Crippen LogP contribution in [0.25, 0.3) is 0 Å². The normalized spacial score (nSPS) is 30.3. The van der Waals surface area contributed by atoms with E-state index in [1.807, 2.05) is 6.92 Å². The minimum absolute atomic E-state index is 0.119. The van der Waals surface area contributed by atoms with Gasteiger partial charge in [-0.3, -0.25) is 0 Å². The maximum atomic E-state index is 5.34. The SMILES string of the molecule is C=NOCCC1OCC(C)O1. The Morgan fingerprint density at radius 2 is 2.55 bits per heavy atom. The summed E-state index contributed by atoms with van der Waals surface area (Å²) in [5.41, 5.74) is 0. The summed E-state index contributed by atoms with van der Waals surface area (Å²) in [6.07, 6.45) is 0.798. The van der Waals surface area contributed by atoms with Crippen molar-refractivity contribution in [2.24, 2.45) is 5.16 Å². The maximum absolute atomic E-state index is 5.34. The van der Waals surface area contributed by atoms with Gasteiger partial charge in [0, 0.05) is 13.1 Å². The van der Waals surface area contributed by atoms with Gasteiger partial charge in [0.05, 0.1) is 12.7 Å². The number of hydrogen-bond acceptors (Lipinski definition) is 4. The Morgan fingerprint density at radius 3 is 3.09 bits per heavy atom. The molecule has 2 atom stereocenters. The molecule has 0 aromatic rings. The van der Waals surface area contributed by atoms with Gasteiger partial charge < -0.3 is 14.3 Å². The van der Waals surface area contributed by atoms with Crippen molar-refractivity contribution in [1.29, 1.82) is 0 Å². The maximum Gasteiger partial charge on any atom is 0.161 e. The molecule has 1 heterocycles. The third-order valence-electron chi connectivity index (χ3n) is 1.44. The molecule has 4 nitrogen and oxygen atoms in total. The molecule has 0 radical (unpaired) electrons. The van der Waals surface area contributed by atoms with Gasteiger partial charge in [-0.25, -0.2) is 0 Å². The van der Waals surface area contributed by atoms with Crippen LogP contribution in [-0.2, 0) is 14.3 Å². The highest BCUT2D eigenvalue weighted by atomic mass is 16.7. The van der Waals surface area contributed by atoms with Crippen molar-refractivity contribution in [1.82, 2.24) is 0 Å². The lowest BCUT2D eigenvalue weighted by atomic mass is 10.4. The molecule has 1 fully saturated rings. The lowest BCUT2D eigenvalue weighted by molar-refractivity contribution is -0.0722. The Labute approximate surface area is 66.1 Å². The fraction of sp³-hybridized carbons (Fsp3) is 0.857. The summed E-state index contributed by atoms with van der Waals surface area (Å²) in [5, 5.41) is 3.25. The molecule has 64 valence electrons.